The molecule has 1 aliphatic heterocycles. The number of thiocarbonyl (C=S) groups is 1. The van der Waals surface area contributed by atoms with Crippen molar-refractivity contribution in [1.29, 1.82) is 0 Å². The molecule has 3 nitrogen and oxygen atoms in total. The fraction of sp³-hybridized carbons (Fsp3) is 0.667. The lowest BCUT2D eigenvalue weighted by Crippen LogP contribution is -2.38. The molecule has 0 aromatic heterocycles. The summed E-state index contributed by atoms with van der Waals surface area (Å²) in [5.74, 6) is 1.84. The van der Waals surface area contributed by atoms with Gasteiger partial charge in [-0.1, -0.05) is 37.5 Å². The highest BCUT2D eigenvalue weighted by molar-refractivity contribution is 7.80. The molecule has 2 N–H and O–H groups in total. The third-order valence-electron chi connectivity index (χ3n) is 5.82. The molecule has 0 bridgehead atoms. The molecule has 0 spiro atoms. The molecule has 2 aliphatic rings. The third-order valence-corrected chi connectivity index (χ3v) is 6.06. The maximum absolute atomic E-state index is 5.38. The van der Waals surface area contributed by atoms with Crippen LogP contribution in [-0.4, -0.2) is 36.2 Å². The molecule has 1 saturated heterocycles. The first-order valence-electron chi connectivity index (χ1n) is 10.1. The van der Waals surface area contributed by atoms with Gasteiger partial charge in [-0.3, -0.25) is 0 Å². The van der Waals surface area contributed by atoms with Gasteiger partial charge in [-0.25, -0.2) is 0 Å². The smallest absolute Gasteiger partial charge is 0.170 e. The Hall–Kier alpha value is -1.13. The number of benzene rings is 1. The van der Waals surface area contributed by atoms with Gasteiger partial charge < -0.3 is 15.5 Å². The normalized spacial score (nSPS) is 20.3. The van der Waals surface area contributed by atoms with Crippen LogP contribution in [0.5, 0.6) is 0 Å². The van der Waals surface area contributed by atoms with Crippen molar-refractivity contribution in [1.82, 2.24) is 10.2 Å². The van der Waals surface area contributed by atoms with E-state index in [4.69, 9.17) is 12.2 Å². The molecule has 1 heterocycles. The molecular formula is C21H33N3S. The van der Waals surface area contributed by atoms with Gasteiger partial charge in [-0.05, 0) is 81.4 Å². The highest BCUT2D eigenvalue weighted by atomic mass is 32.1. The fourth-order valence-electron chi connectivity index (χ4n) is 4.28. The number of hydrogen-bond donors (Lipinski definition) is 2. The minimum absolute atomic E-state index is 0.737. The van der Waals surface area contributed by atoms with E-state index >= 15 is 0 Å². The van der Waals surface area contributed by atoms with Crippen LogP contribution >= 0.6 is 12.2 Å². The van der Waals surface area contributed by atoms with Crippen molar-refractivity contribution in [2.75, 3.05) is 31.5 Å². The van der Waals surface area contributed by atoms with Crippen LogP contribution in [-0.2, 0) is 0 Å². The molecule has 2 fully saturated rings. The monoisotopic (exact) mass is 359 g/mol. The van der Waals surface area contributed by atoms with Crippen molar-refractivity contribution in [2.24, 2.45) is 11.8 Å². The van der Waals surface area contributed by atoms with Gasteiger partial charge in [-0.2, -0.15) is 0 Å². The van der Waals surface area contributed by atoms with Crippen molar-refractivity contribution in [3.63, 3.8) is 0 Å². The summed E-state index contributed by atoms with van der Waals surface area (Å²) < 4.78 is 0. The number of rotatable bonds is 6. The summed E-state index contributed by atoms with van der Waals surface area (Å²) in [5, 5.41) is 7.34. The Kier molecular flexibility index (Phi) is 7.55. The molecule has 1 aromatic carbocycles. The molecule has 1 aliphatic carbocycles. The van der Waals surface area contributed by atoms with E-state index in [0.29, 0.717) is 0 Å². The largest absolute Gasteiger partial charge is 0.362 e. The van der Waals surface area contributed by atoms with Crippen molar-refractivity contribution < 1.29 is 0 Å². The first kappa shape index (κ1) is 18.7. The van der Waals surface area contributed by atoms with Crippen LogP contribution in [0.15, 0.2) is 30.3 Å². The fourth-order valence-corrected chi connectivity index (χ4v) is 4.50. The van der Waals surface area contributed by atoms with E-state index in [1.807, 2.05) is 30.3 Å². The highest BCUT2D eigenvalue weighted by Crippen LogP contribution is 2.27. The quantitative estimate of drug-likeness (QED) is 0.723. The molecule has 0 unspecified atom stereocenters. The lowest BCUT2D eigenvalue weighted by molar-refractivity contribution is 0.143. The van der Waals surface area contributed by atoms with E-state index in [-0.39, 0.29) is 0 Å². The van der Waals surface area contributed by atoms with Crippen molar-refractivity contribution in [2.45, 2.75) is 51.4 Å². The number of likely N-dealkylation sites (tertiary alicyclic amines) is 1. The van der Waals surface area contributed by atoms with Crippen LogP contribution in [0.1, 0.15) is 51.4 Å². The summed E-state index contributed by atoms with van der Waals surface area (Å²) in [4.78, 5) is 2.72. The van der Waals surface area contributed by atoms with E-state index in [9.17, 15) is 0 Å². The highest BCUT2D eigenvalue weighted by Gasteiger charge is 2.22. The van der Waals surface area contributed by atoms with Gasteiger partial charge >= 0.3 is 0 Å². The Morgan fingerprint density at radius 3 is 2.40 bits per heavy atom. The van der Waals surface area contributed by atoms with Crippen LogP contribution in [0.4, 0.5) is 5.69 Å². The number of piperidine rings is 1. The molecule has 1 aromatic rings. The number of hydrogen-bond acceptors (Lipinski definition) is 2. The molecule has 25 heavy (non-hydrogen) atoms. The van der Waals surface area contributed by atoms with Crippen molar-refractivity contribution in [3.8, 4) is 0 Å². The van der Waals surface area contributed by atoms with E-state index < -0.39 is 0 Å². The van der Waals surface area contributed by atoms with E-state index in [2.05, 4.69) is 15.5 Å². The average molecular weight is 360 g/mol. The summed E-state index contributed by atoms with van der Waals surface area (Å²) in [5.41, 5.74) is 1.05. The lowest BCUT2D eigenvalue weighted by atomic mass is 9.87. The zero-order chi connectivity index (χ0) is 17.3. The minimum atomic E-state index is 0.737. The molecule has 0 radical (unpaired) electrons. The molecule has 1 saturated carbocycles. The Morgan fingerprint density at radius 2 is 1.68 bits per heavy atom. The molecule has 4 heteroatoms. The zero-order valence-electron chi connectivity index (χ0n) is 15.4. The summed E-state index contributed by atoms with van der Waals surface area (Å²) in [6.07, 6.45) is 11.3. The molecule has 0 amide bonds. The standard InChI is InChI=1S/C21H33N3S/c25-21(23-20-9-5-2-6-10-20)22-14-11-18-12-15-24(16-13-18)17-19-7-3-1-4-8-19/h2,5-6,9-10,18-19H,1,3-4,7-8,11-17H2,(H2,22,23,25). The van der Waals surface area contributed by atoms with Gasteiger partial charge in [0.25, 0.3) is 0 Å². The Balaban J connectivity index is 1.27. The zero-order valence-corrected chi connectivity index (χ0v) is 16.2. The van der Waals surface area contributed by atoms with Crippen molar-refractivity contribution in [3.05, 3.63) is 30.3 Å². The topological polar surface area (TPSA) is 27.3 Å². The Morgan fingerprint density at radius 1 is 0.960 bits per heavy atom. The third kappa shape index (κ3) is 6.59. The van der Waals surface area contributed by atoms with Gasteiger partial charge in [0.15, 0.2) is 5.11 Å². The number of nitrogens with zero attached hydrogens (tertiary/aromatic N) is 1. The van der Waals surface area contributed by atoms with Crippen LogP contribution in [0.3, 0.4) is 0 Å². The SMILES string of the molecule is S=C(NCCC1CCN(CC2CCCCC2)CC1)Nc1ccccc1. The lowest BCUT2D eigenvalue weighted by Gasteiger charge is -2.35. The number of anilines is 1. The second-order valence-corrected chi connectivity index (χ2v) is 8.19. The molecule has 138 valence electrons. The Labute approximate surface area is 158 Å². The van der Waals surface area contributed by atoms with Gasteiger partial charge in [0.05, 0.1) is 0 Å². The van der Waals surface area contributed by atoms with Gasteiger partial charge in [0, 0.05) is 18.8 Å². The van der Waals surface area contributed by atoms with Crippen LogP contribution in [0.2, 0.25) is 0 Å². The van der Waals surface area contributed by atoms with Crippen molar-refractivity contribution >= 4 is 23.0 Å². The summed E-state index contributed by atoms with van der Waals surface area (Å²) in [7, 11) is 0. The maximum atomic E-state index is 5.38. The maximum Gasteiger partial charge on any atom is 0.170 e. The van der Waals surface area contributed by atoms with Gasteiger partial charge in [0.2, 0.25) is 0 Å². The second kappa shape index (κ2) is 10.1. The van der Waals surface area contributed by atoms with Crippen LogP contribution < -0.4 is 10.6 Å². The Bertz CT molecular complexity index is 505. The van der Waals surface area contributed by atoms with E-state index in [0.717, 1.165) is 29.2 Å². The van der Waals surface area contributed by atoms with E-state index in [1.54, 1.807) is 0 Å². The van der Waals surface area contributed by atoms with E-state index in [1.165, 1.54) is 71.0 Å². The average Bonchev–Trinajstić information content (AvgIpc) is 2.65. The van der Waals surface area contributed by atoms with Gasteiger partial charge in [-0.15, -0.1) is 0 Å². The predicted molar refractivity (Wildman–Crippen MR) is 111 cm³/mol. The molecule has 3 rings (SSSR count). The second-order valence-electron chi connectivity index (χ2n) is 7.78. The number of nitrogens with one attached hydrogen (secondary N) is 2. The molecular weight excluding hydrogens is 326 g/mol. The van der Waals surface area contributed by atoms with Crippen LogP contribution in [0, 0.1) is 11.8 Å². The number of para-hydroxylation sites is 1. The molecule has 0 atom stereocenters. The first-order chi connectivity index (χ1) is 12.3. The summed E-state index contributed by atoms with van der Waals surface area (Å²) in [6, 6.07) is 10.1. The van der Waals surface area contributed by atoms with Gasteiger partial charge in [0.1, 0.15) is 0 Å². The first-order valence-corrected chi connectivity index (χ1v) is 10.5. The minimum Gasteiger partial charge on any atom is -0.362 e. The summed E-state index contributed by atoms with van der Waals surface area (Å²) in [6.45, 7) is 4.93. The summed E-state index contributed by atoms with van der Waals surface area (Å²) >= 11 is 5.38. The predicted octanol–water partition coefficient (Wildman–Crippen LogP) is 4.66. The van der Waals surface area contributed by atoms with Crippen LogP contribution in [0.25, 0.3) is 0 Å².